The van der Waals surface area contributed by atoms with Crippen molar-refractivity contribution in [3.63, 3.8) is 0 Å². The monoisotopic (exact) mass is 498 g/mol. The van der Waals surface area contributed by atoms with Crippen molar-refractivity contribution >= 4 is 40.0 Å². The molecule has 0 spiro atoms. The highest BCUT2D eigenvalue weighted by molar-refractivity contribution is 14.1. The lowest BCUT2D eigenvalue weighted by Gasteiger charge is -2.24. The van der Waals surface area contributed by atoms with Crippen molar-refractivity contribution in [2.75, 3.05) is 17.2 Å². The molecule has 0 unspecified atom stereocenters. The van der Waals surface area contributed by atoms with E-state index in [-0.39, 0.29) is 17.4 Å². The number of anilines is 2. The van der Waals surface area contributed by atoms with Crippen LogP contribution in [0.5, 0.6) is 0 Å². The van der Waals surface area contributed by atoms with Gasteiger partial charge in [-0.05, 0) is 53.6 Å². The fraction of sp³-hybridized carbons (Fsp3) is 0.450. The van der Waals surface area contributed by atoms with Gasteiger partial charge in [-0.1, -0.05) is 39.2 Å². The number of hydrogen-bond donors (Lipinski definition) is 2. The number of benzene rings is 1. The molecule has 1 heterocycles. The molecule has 0 fully saturated rings. The van der Waals surface area contributed by atoms with E-state index in [1.807, 2.05) is 13.0 Å². The predicted octanol–water partition coefficient (Wildman–Crippen LogP) is 3.36. The number of aromatic nitrogens is 2. The first-order chi connectivity index (χ1) is 13.4. The number of hydrogen-bond acceptors (Lipinski definition) is 4. The second-order valence-corrected chi connectivity index (χ2v) is 7.92. The number of nitrogens with two attached hydrogens (primary N) is 1. The predicted molar refractivity (Wildman–Crippen MR) is 121 cm³/mol. The number of amides is 1. The van der Waals surface area contributed by atoms with Crippen LogP contribution in [0.1, 0.15) is 56.3 Å². The summed E-state index contributed by atoms with van der Waals surface area (Å²) in [4.78, 5) is 41.8. The number of nitrogen functional groups attached to an aromatic ring is 1. The minimum Gasteiger partial charge on any atom is -0.383 e. The molecule has 7 nitrogen and oxygen atoms in total. The first kappa shape index (κ1) is 22.2. The third-order valence-electron chi connectivity index (χ3n) is 4.52. The van der Waals surface area contributed by atoms with Gasteiger partial charge in [0.15, 0.2) is 5.69 Å². The topological polar surface area (TPSA) is 101 Å². The molecular formula is C20H27IN4O3. The van der Waals surface area contributed by atoms with Crippen LogP contribution in [0.2, 0.25) is 0 Å². The molecular weight excluding hydrogens is 471 g/mol. The van der Waals surface area contributed by atoms with Gasteiger partial charge in [0.25, 0.3) is 11.5 Å². The van der Waals surface area contributed by atoms with Gasteiger partial charge in [0.2, 0.25) is 0 Å². The first-order valence-corrected chi connectivity index (χ1v) is 10.7. The van der Waals surface area contributed by atoms with Crippen LogP contribution in [0.4, 0.5) is 11.5 Å². The number of nitrogens with one attached hydrogen (secondary N) is 1. The zero-order valence-electron chi connectivity index (χ0n) is 16.3. The van der Waals surface area contributed by atoms with E-state index in [4.69, 9.17) is 5.73 Å². The molecule has 2 rings (SSSR count). The number of nitrogens with zero attached hydrogens (tertiary/aromatic N) is 2. The molecule has 0 atom stereocenters. The van der Waals surface area contributed by atoms with Gasteiger partial charge >= 0.3 is 5.69 Å². The van der Waals surface area contributed by atoms with Crippen molar-refractivity contribution in [1.82, 2.24) is 9.55 Å². The van der Waals surface area contributed by atoms with Crippen LogP contribution >= 0.6 is 22.6 Å². The van der Waals surface area contributed by atoms with Crippen LogP contribution in [-0.2, 0) is 6.54 Å². The summed E-state index contributed by atoms with van der Waals surface area (Å²) in [6, 6.07) is 7.18. The fourth-order valence-corrected chi connectivity index (χ4v) is 3.53. The molecule has 1 aromatic carbocycles. The number of carbonyl (C=O) groups is 1. The van der Waals surface area contributed by atoms with Crippen LogP contribution < -0.4 is 21.9 Å². The van der Waals surface area contributed by atoms with Crippen molar-refractivity contribution in [2.45, 2.75) is 52.5 Å². The average molecular weight is 498 g/mol. The van der Waals surface area contributed by atoms with Gasteiger partial charge in [0, 0.05) is 22.2 Å². The summed E-state index contributed by atoms with van der Waals surface area (Å²) in [6.07, 6.45) is 4.26. The van der Waals surface area contributed by atoms with Crippen molar-refractivity contribution in [2.24, 2.45) is 0 Å². The van der Waals surface area contributed by atoms with Gasteiger partial charge in [0.1, 0.15) is 5.82 Å². The molecule has 0 bridgehead atoms. The largest absolute Gasteiger partial charge is 0.383 e. The Balaban J connectivity index is 2.55. The molecule has 3 N–H and O–H groups in total. The van der Waals surface area contributed by atoms with Gasteiger partial charge in [-0.25, -0.2) is 4.79 Å². The second-order valence-electron chi connectivity index (χ2n) is 6.67. The molecule has 0 aliphatic carbocycles. The summed E-state index contributed by atoms with van der Waals surface area (Å²) in [7, 11) is 0. The van der Waals surface area contributed by atoms with Crippen molar-refractivity contribution in [3.8, 4) is 0 Å². The third-order valence-corrected chi connectivity index (χ3v) is 5.19. The summed E-state index contributed by atoms with van der Waals surface area (Å²) in [5, 5.41) is 0. The molecule has 0 saturated heterocycles. The van der Waals surface area contributed by atoms with E-state index in [0.29, 0.717) is 18.7 Å². The molecule has 0 radical (unpaired) electrons. The van der Waals surface area contributed by atoms with E-state index in [9.17, 15) is 14.4 Å². The average Bonchev–Trinajstić information content (AvgIpc) is 2.66. The molecule has 2 aromatic rings. The Hall–Kier alpha value is -2.10. The van der Waals surface area contributed by atoms with E-state index >= 15 is 0 Å². The van der Waals surface area contributed by atoms with Crippen LogP contribution in [0.3, 0.4) is 0 Å². The maximum absolute atomic E-state index is 13.2. The Kier molecular flexibility index (Phi) is 8.28. The zero-order valence-corrected chi connectivity index (χ0v) is 18.5. The lowest BCUT2D eigenvalue weighted by Crippen LogP contribution is -2.41. The Bertz CT molecular complexity index is 936. The van der Waals surface area contributed by atoms with Crippen molar-refractivity contribution in [1.29, 1.82) is 0 Å². The maximum atomic E-state index is 13.2. The van der Waals surface area contributed by atoms with Crippen LogP contribution in [0.15, 0.2) is 33.9 Å². The summed E-state index contributed by atoms with van der Waals surface area (Å²) in [5.41, 5.74) is 5.58. The number of H-pyrrole nitrogens is 1. The minimum atomic E-state index is -0.634. The number of aromatic amines is 1. The number of unbranched alkanes of at least 4 members (excludes halogenated alkanes) is 3. The highest BCUT2D eigenvalue weighted by Gasteiger charge is 2.25. The van der Waals surface area contributed by atoms with Gasteiger partial charge in [-0.3, -0.25) is 19.1 Å². The molecule has 0 aliphatic heterocycles. The Morgan fingerprint density at radius 3 is 2.54 bits per heavy atom. The standard InChI is InChI=1S/C20H27IN4O3/c1-3-5-7-12-24(19(27)14-9-8-10-15(21)13-14)16-17(22)25(11-6-4-2)20(28)23-18(16)26/h8-10,13H,3-7,11-12,22H2,1-2H3,(H,23,26,28). The van der Waals surface area contributed by atoms with E-state index in [2.05, 4.69) is 34.5 Å². The summed E-state index contributed by atoms with van der Waals surface area (Å²) >= 11 is 2.14. The van der Waals surface area contributed by atoms with Gasteiger partial charge in [-0.15, -0.1) is 0 Å². The number of halogens is 1. The zero-order chi connectivity index (χ0) is 20.7. The molecule has 1 amide bonds. The summed E-state index contributed by atoms with van der Waals surface area (Å²) in [5.74, 6) is -0.259. The van der Waals surface area contributed by atoms with E-state index in [1.54, 1.807) is 18.2 Å². The van der Waals surface area contributed by atoms with Crippen LogP contribution in [-0.4, -0.2) is 22.0 Å². The Morgan fingerprint density at radius 2 is 1.89 bits per heavy atom. The lowest BCUT2D eigenvalue weighted by molar-refractivity contribution is 0.0986. The Labute approximate surface area is 178 Å². The van der Waals surface area contributed by atoms with E-state index in [0.717, 1.165) is 35.7 Å². The minimum absolute atomic E-state index is 0.0395. The van der Waals surface area contributed by atoms with Crippen molar-refractivity contribution < 1.29 is 4.79 Å². The van der Waals surface area contributed by atoms with Crippen LogP contribution in [0, 0.1) is 3.57 Å². The highest BCUT2D eigenvalue weighted by atomic mass is 127. The number of rotatable bonds is 9. The normalized spacial score (nSPS) is 10.8. The summed E-state index contributed by atoms with van der Waals surface area (Å²) in [6.45, 7) is 4.83. The second kappa shape index (κ2) is 10.4. The first-order valence-electron chi connectivity index (χ1n) is 9.60. The summed E-state index contributed by atoms with van der Waals surface area (Å²) < 4.78 is 2.27. The van der Waals surface area contributed by atoms with Crippen LogP contribution in [0.25, 0.3) is 0 Å². The quantitative estimate of drug-likeness (QED) is 0.409. The molecule has 8 heteroatoms. The molecule has 0 aliphatic rings. The SMILES string of the molecule is CCCCCN(C(=O)c1cccc(I)c1)c1c(N)n(CCCC)c(=O)[nH]c1=O. The maximum Gasteiger partial charge on any atom is 0.330 e. The van der Waals surface area contributed by atoms with E-state index in [1.165, 1.54) is 9.47 Å². The third kappa shape index (κ3) is 5.24. The highest BCUT2D eigenvalue weighted by Crippen LogP contribution is 2.21. The fourth-order valence-electron chi connectivity index (χ4n) is 2.99. The molecule has 0 saturated carbocycles. The smallest absolute Gasteiger partial charge is 0.330 e. The van der Waals surface area contributed by atoms with Gasteiger partial charge in [-0.2, -0.15) is 0 Å². The molecule has 152 valence electrons. The molecule has 28 heavy (non-hydrogen) atoms. The van der Waals surface area contributed by atoms with E-state index < -0.39 is 11.2 Å². The number of carbonyl (C=O) groups excluding carboxylic acids is 1. The van der Waals surface area contributed by atoms with Crippen molar-refractivity contribution in [3.05, 3.63) is 54.2 Å². The molecule has 1 aromatic heterocycles. The van der Waals surface area contributed by atoms with Gasteiger partial charge < -0.3 is 10.6 Å². The lowest BCUT2D eigenvalue weighted by atomic mass is 10.1. The Morgan fingerprint density at radius 1 is 1.18 bits per heavy atom. The van der Waals surface area contributed by atoms with Gasteiger partial charge in [0.05, 0.1) is 0 Å².